The predicted molar refractivity (Wildman–Crippen MR) is 258 cm³/mol. The Bertz CT molecular complexity index is 1230. The highest BCUT2D eigenvalue weighted by Gasteiger charge is 2.51. The number of unbranched alkanes of at least 4 members (excludes halogenated alkanes) is 28. The minimum absolute atomic E-state index is 0.0909. The van der Waals surface area contributed by atoms with Gasteiger partial charge in [-0.1, -0.05) is 199 Å². The molecule has 0 heterocycles. The summed E-state index contributed by atoms with van der Waals surface area (Å²) in [6.07, 6.45) is 33.6. The number of aliphatic hydroxyl groups is 5. The number of phosphoric acid groups is 1. The minimum atomic E-state index is -5.12. The van der Waals surface area contributed by atoms with Gasteiger partial charge < -0.3 is 39.9 Å². The van der Waals surface area contributed by atoms with E-state index in [1.54, 1.807) is 0 Å². The van der Waals surface area contributed by atoms with Crippen molar-refractivity contribution in [2.45, 2.75) is 275 Å². The molecule has 1 aliphatic rings. The van der Waals surface area contributed by atoms with Crippen molar-refractivity contribution in [2.24, 2.45) is 0 Å². The first-order chi connectivity index (χ1) is 31.4. The predicted octanol–water partition coefficient (Wildman–Crippen LogP) is 11.2. The zero-order valence-corrected chi connectivity index (χ0v) is 41.7. The molecule has 1 saturated carbocycles. The van der Waals surface area contributed by atoms with E-state index in [2.05, 4.69) is 38.2 Å². The second-order valence-corrected chi connectivity index (χ2v) is 19.8. The first kappa shape index (κ1) is 61.3. The summed E-state index contributed by atoms with van der Waals surface area (Å²) in [5.74, 6) is -1.10. The number of carbonyl (C=O) groups is 2. The van der Waals surface area contributed by atoms with Gasteiger partial charge in [0.25, 0.3) is 0 Å². The lowest BCUT2D eigenvalue weighted by molar-refractivity contribution is -0.220. The molecule has 1 rings (SSSR count). The van der Waals surface area contributed by atoms with Crippen molar-refractivity contribution >= 4 is 19.8 Å². The third-order valence-corrected chi connectivity index (χ3v) is 13.3. The fourth-order valence-corrected chi connectivity index (χ4v) is 9.06. The van der Waals surface area contributed by atoms with Gasteiger partial charge in [-0.3, -0.25) is 18.6 Å². The summed E-state index contributed by atoms with van der Waals surface area (Å²) in [6, 6.07) is 0. The molecule has 0 spiro atoms. The minimum Gasteiger partial charge on any atom is -0.462 e. The highest BCUT2D eigenvalue weighted by molar-refractivity contribution is 7.47. The number of rotatable bonds is 44. The van der Waals surface area contributed by atoms with Crippen LogP contribution in [0.4, 0.5) is 0 Å². The van der Waals surface area contributed by atoms with Crippen LogP contribution in [0.25, 0.3) is 0 Å². The number of esters is 2. The number of aliphatic hydroxyl groups excluding tert-OH is 5. The Hall–Kier alpha value is -1.67. The molecular formula is C51H95O13P. The molecule has 13 nitrogen and oxygen atoms in total. The van der Waals surface area contributed by atoms with Gasteiger partial charge >= 0.3 is 19.8 Å². The van der Waals surface area contributed by atoms with E-state index in [-0.39, 0.29) is 12.8 Å². The maximum atomic E-state index is 12.9. The van der Waals surface area contributed by atoms with Crippen LogP contribution < -0.4 is 0 Å². The number of carbonyl (C=O) groups excluding carboxylic acids is 2. The highest BCUT2D eigenvalue weighted by Crippen LogP contribution is 2.47. The molecule has 1 aliphatic carbocycles. The van der Waals surface area contributed by atoms with Crippen LogP contribution in [0.5, 0.6) is 0 Å². The Morgan fingerprint density at radius 2 is 0.831 bits per heavy atom. The molecule has 0 radical (unpaired) electrons. The van der Waals surface area contributed by atoms with E-state index in [9.17, 15) is 44.6 Å². The molecule has 0 aromatic carbocycles. The van der Waals surface area contributed by atoms with Gasteiger partial charge in [-0.05, 0) is 44.9 Å². The average Bonchev–Trinajstić information content (AvgIpc) is 3.29. The first-order valence-corrected chi connectivity index (χ1v) is 27.6. The second-order valence-electron chi connectivity index (χ2n) is 18.4. The van der Waals surface area contributed by atoms with Gasteiger partial charge in [0.15, 0.2) is 6.10 Å². The summed E-state index contributed by atoms with van der Waals surface area (Å²) < 4.78 is 33.7. The molecule has 0 aromatic rings. The molecule has 6 unspecified atom stereocenters. The molecule has 6 N–H and O–H groups in total. The Labute approximate surface area is 394 Å². The van der Waals surface area contributed by atoms with Crippen molar-refractivity contribution < 1.29 is 63.1 Å². The molecule has 1 fully saturated rings. The van der Waals surface area contributed by atoms with Crippen LogP contribution in [0, 0.1) is 0 Å². The number of hydrogen-bond donors (Lipinski definition) is 6. The maximum Gasteiger partial charge on any atom is 0.472 e. The molecule has 0 amide bonds. The van der Waals surface area contributed by atoms with Gasteiger partial charge in [-0.15, -0.1) is 0 Å². The van der Waals surface area contributed by atoms with Crippen LogP contribution >= 0.6 is 7.82 Å². The van der Waals surface area contributed by atoms with E-state index in [1.807, 2.05) is 0 Å². The summed E-state index contributed by atoms with van der Waals surface area (Å²) in [7, 11) is -5.12. The fourth-order valence-electron chi connectivity index (χ4n) is 8.08. The molecule has 382 valence electrons. The SMILES string of the molecule is CCCCCC/C=C\C/C=C\CCCCCCCCCC(=O)OC(COC(=O)CCCCCCCCCCCCCCCCCCCC)COP(=O)(O)OC1C(O)C(O)C(O)C(O)C1O. The Balaban J connectivity index is 2.39. The monoisotopic (exact) mass is 947 g/mol. The lowest BCUT2D eigenvalue weighted by Gasteiger charge is -2.41. The number of phosphoric ester groups is 1. The topological polar surface area (TPSA) is 210 Å². The van der Waals surface area contributed by atoms with Crippen molar-refractivity contribution in [2.75, 3.05) is 13.2 Å². The summed E-state index contributed by atoms with van der Waals surface area (Å²) in [5.41, 5.74) is 0. The van der Waals surface area contributed by atoms with Crippen LogP contribution in [0.15, 0.2) is 24.3 Å². The van der Waals surface area contributed by atoms with E-state index in [0.717, 1.165) is 70.6 Å². The molecule has 65 heavy (non-hydrogen) atoms. The quantitative estimate of drug-likeness (QED) is 0.0146. The summed E-state index contributed by atoms with van der Waals surface area (Å²) in [5, 5.41) is 50.3. The van der Waals surface area contributed by atoms with Gasteiger partial charge in [0.2, 0.25) is 0 Å². The van der Waals surface area contributed by atoms with Crippen molar-refractivity contribution in [3.8, 4) is 0 Å². The van der Waals surface area contributed by atoms with Crippen LogP contribution in [0.2, 0.25) is 0 Å². The van der Waals surface area contributed by atoms with E-state index >= 15 is 0 Å². The van der Waals surface area contributed by atoms with Crippen LogP contribution in [0.1, 0.15) is 232 Å². The number of allylic oxidation sites excluding steroid dienone is 4. The lowest BCUT2D eigenvalue weighted by Crippen LogP contribution is -2.64. The van der Waals surface area contributed by atoms with Gasteiger partial charge in [0.1, 0.15) is 43.2 Å². The standard InChI is InChI=1S/C51H95O13P/c1-3-5-7-9-11-13-15-17-19-21-23-25-27-29-31-33-35-37-39-44(52)61-41-43(42-62-65(59,60)64-51-49(57)47(55)46(54)48(56)50(51)58)63-45(53)40-38-36-34-32-30-28-26-24-22-20-18-16-14-12-10-8-6-4-2/h14,16,20,22,43,46-51,54-58H,3-13,15,17-19,21,23-42H2,1-2H3,(H,59,60)/b16-14-,22-20-. The lowest BCUT2D eigenvalue weighted by atomic mass is 9.85. The van der Waals surface area contributed by atoms with Gasteiger partial charge in [0, 0.05) is 12.8 Å². The Morgan fingerprint density at radius 1 is 0.477 bits per heavy atom. The van der Waals surface area contributed by atoms with Crippen LogP contribution in [-0.2, 0) is 32.7 Å². The Morgan fingerprint density at radius 3 is 1.26 bits per heavy atom. The average molecular weight is 947 g/mol. The second kappa shape index (κ2) is 41.3. The Kier molecular flexibility index (Phi) is 39.0. The van der Waals surface area contributed by atoms with E-state index in [4.69, 9.17) is 18.5 Å². The molecule has 0 bridgehead atoms. The van der Waals surface area contributed by atoms with E-state index in [1.165, 1.54) is 122 Å². The number of ether oxygens (including phenoxy) is 2. The van der Waals surface area contributed by atoms with Crippen molar-refractivity contribution in [1.82, 2.24) is 0 Å². The van der Waals surface area contributed by atoms with E-state index < -0.39 is 75.7 Å². The molecule has 0 aliphatic heterocycles. The molecule has 0 aromatic heterocycles. The molecule has 0 saturated heterocycles. The largest absolute Gasteiger partial charge is 0.472 e. The zero-order valence-electron chi connectivity index (χ0n) is 40.8. The fraction of sp³-hybridized carbons (Fsp3) is 0.882. The normalized spacial score (nSPS) is 21.5. The number of hydrogen-bond acceptors (Lipinski definition) is 12. The summed E-state index contributed by atoms with van der Waals surface area (Å²) in [6.45, 7) is 3.32. The summed E-state index contributed by atoms with van der Waals surface area (Å²) in [4.78, 5) is 35.8. The highest BCUT2D eigenvalue weighted by atomic mass is 31.2. The third-order valence-electron chi connectivity index (χ3n) is 12.3. The molecule has 6 atom stereocenters. The van der Waals surface area contributed by atoms with Gasteiger partial charge in [-0.2, -0.15) is 0 Å². The van der Waals surface area contributed by atoms with Crippen LogP contribution in [-0.4, -0.2) is 98.3 Å². The van der Waals surface area contributed by atoms with Gasteiger partial charge in [-0.25, -0.2) is 4.57 Å². The van der Waals surface area contributed by atoms with Crippen molar-refractivity contribution in [3.05, 3.63) is 24.3 Å². The summed E-state index contributed by atoms with van der Waals surface area (Å²) >= 11 is 0. The molecular weight excluding hydrogens is 852 g/mol. The zero-order chi connectivity index (χ0) is 47.8. The van der Waals surface area contributed by atoms with E-state index in [0.29, 0.717) is 12.8 Å². The smallest absolute Gasteiger partial charge is 0.462 e. The van der Waals surface area contributed by atoms with Crippen LogP contribution in [0.3, 0.4) is 0 Å². The maximum absolute atomic E-state index is 12.9. The van der Waals surface area contributed by atoms with Crippen molar-refractivity contribution in [1.29, 1.82) is 0 Å². The van der Waals surface area contributed by atoms with Crippen molar-refractivity contribution in [3.63, 3.8) is 0 Å². The molecule has 14 heteroatoms. The van der Waals surface area contributed by atoms with Gasteiger partial charge in [0.05, 0.1) is 6.61 Å². The first-order valence-electron chi connectivity index (χ1n) is 26.1. The third kappa shape index (κ3) is 33.5.